The molecule has 2 aromatic carbocycles. The fourth-order valence-electron chi connectivity index (χ4n) is 4.33. The van der Waals surface area contributed by atoms with E-state index < -0.39 is 0 Å². The van der Waals surface area contributed by atoms with Crippen LogP contribution in [-0.2, 0) is 4.74 Å². The maximum absolute atomic E-state index is 13.0. The zero-order chi connectivity index (χ0) is 23.7. The number of rotatable bonds is 4. The quantitative estimate of drug-likeness (QED) is 0.454. The van der Waals surface area contributed by atoms with Gasteiger partial charge in [0.1, 0.15) is 0 Å². The number of amides is 1. The highest BCUT2D eigenvalue weighted by molar-refractivity contribution is 5.94. The summed E-state index contributed by atoms with van der Waals surface area (Å²) in [5, 5.41) is 9.05. The number of fused-ring (bicyclic) bond motifs is 1. The SMILES string of the molecule is COC1(C)CCN(C(=O)c2ccc(-c3cnc4ncc(-c5ccc(C#N)cc5)n4c3)cc2)CC1. The Morgan fingerprint density at radius 1 is 0.971 bits per heavy atom. The van der Waals surface area contributed by atoms with E-state index in [9.17, 15) is 4.79 Å². The average Bonchev–Trinajstić information content (AvgIpc) is 3.32. The van der Waals surface area contributed by atoms with Crippen LogP contribution in [0.5, 0.6) is 0 Å². The second-order valence-electron chi connectivity index (χ2n) is 8.87. The number of piperidine rings is 1. The molecular weight excluding hydrogens is 426 g/mol. The van der Waals surface area contributed by atoms with Gasteiger partial charge in [0.25, 0.3) is 5.91 Å². The molecule has 3 heterocycles. The molecule has 1 fully saturated rings. The van der Waals surface area contributed by atoms with Crippen molar-refractivity contribution in [2.75, 3.05) is 20.2 Å². The van der Waals surface area contributed by atoms with Crippen LogP contribution < -0.4 is 0 Å². The van der Waals surface area contributed by atoms with E-state index in [4.69, 9.17) is 10.00 Å². The summed E-state index contributed by atoms with van der Waals surface area (Å²) in [5.74, 6) is 0.652. The Morgan fingerprint density at radius 2 is 1.62 bits per heavy atom. The first-order valence-corrected chi connectivity index (χ1v) is 11.3. The van der Waals surface area contributed by atoms with E-state index in [0.29, 0.717) is 30.0 Å². The fraction of sp³-hybridized carbons (Fsp3) is 0.259. The van der Waals surface area contributed by atoms with Gasteiger partial charge in [0.2, 0.25) is 5.78 Å². The molecule has 0 bridgehead atoms. The molecule has 0 N–H and O–H groups in total. The van der Waals surface area contributed by atoms with Gasteiger partial charge >= 0.3 is 0 Å². The van der Waals surface area contributed by atoms with Crippen LogP contribution in [0.25, 0.3) is 28.2 Å². The second-order valence-corrected chi connectivity index (χ2v) is 8.87. The summed E-state index contributed by atoms with van der Waals surface area (Å²) < 4.78 is 7.53. The highest BCUT2D eigenvalue weighted by Crippen LogP contribution is 2.27. The predicted molar refractivity (Wildman–Crippen MR) is 129 cm³/mol. The van der Waals surface area contributed by atoms with Gasteiger partial charge in [-0.3, -0.25) is 9.20 Å². The Kier molecular flexibility index (Phi) is 5.60. The molecular formula is C27H25N5O2. The Hall–Kier alpha value is -4.02. The molecule has 0 aliphatic carbocycles. The summed E-state index contributed by atoms with van der Waals surface area (Å²) in [7, 11) is 1.74. The molecule has 1 saturated heterocycles. The summed E-state index contributed by atoms with van der Waals surface area (Å²) in [6.07, 6.45) is 7.24. The summed E-state index contributed by atoms with van der Waals surface area (Å²) in [4.78, 5) is 23.8. The molecule has 1 aliphatic rings. The molecule has 1 amide bonds. The Morgan fingerprint density at radius 3 is 2.26 bits per heavy atom. The molecule has 0 atom stereocenters. The Bertz CT molecular complexity index is 1380. The molecule has 2 aromatic heterocycles. The van der Waals surface area contributed by atoms with Gasteiger partial charge < -0.3 is 9.64 Å². The van der Waals surface area contributed by atoms with Crippen molar-refractivity contribution in [3.05, 3.63) is 78.2 Å². The van der Waals surface area contributed by atoms with Crippen LogP contribution in [0.2, 0.25) is 0 Å². The van der Waals surface area contributed by atoms with Crippen LogP contribution >= 0.6 is 0 Å². The van der Waals surface area contributed by atoms with Crippen molar-refractivity contribution in [1.82, 2.24) is 19.3 Å². The zero-order valence-electron chi connectivity index (χ0n) is 19.2. The molecule has 1 aliphatic heterocycles. The standard InChI is InChI=1S/C27H25N5O2/c1-27(34-2)11-13-31(14-12-27)25(33)22-9-7-20(8-10-22)23-16-29-26-30-17-24(32(26)18-23)21-5-3-19(15-28)4-6-21/h3-10,16-18H,11-14H2,1-2H3. The van der Waals surface area contributed by atoms with E-state index in [1.807, 2.05) is 51.9 Å². The van der Waals surface area contributed by atoms with Gasteiger partial charge in [-0.1, -0.05) is 24.3 Å². The largest absolute Gasteiger partial charge is 0.378 e. The van der Waals surface area contributed by atoms with Crippen LogP contribution in [0.15, 0.2) is 67.1 Å². The van der Waals surface area contributed by atoms with Gasteiger partial charge in [0.05, 0.1) is 29.1 Å². The minimum Gasteiger partial charge on any atom is -0.378 e. The third-order valence-corrected chi connectivity index (χ3v) is 6.74. The number of carbonyl (C=O) groups is 1. The van der Waals surface area contributed by atoms with Crippen molar-refractivity contribution in [1.29, 1.82) is 5.26 Å². The number of imidazole rings is 1. The monoisotopic (exact) mass is 451 g/mol. The number of ether oxygens (including phenoxy) is 1. The Balaban J connectivity index is 1.38. The summed E-state index contributed by atoms with van der Waals surface area (Å²) >= 11 is 0. The first kappa shape index (κ1) is 21.8. The fourth-order valence-corrected chi connectivity index (χ4v) is 4.33. The third-order valence-electron chi connectivity index (χ3n) is 6.74. The summed E-state index contributed by atoms with van der Waals surface area (Å²) in [5.41, 5.74) is 4.90. The normalized spacial score (nSPS) is 15.3. The van der Waals surface area contributed by atoms with Crippen molar-refractivity contribution in [3.8, 4) is 28.5 Å². The van der Waals surface area contributed by atoms with Crippen LogP contribution in [0.1, 0.15) is 35.7 Å². The van der Waals surface area contributed by atoms with Gasteiger partial charge in [-0.2, -0.15) is 5.26 Å². The van der Waals surface area contributed by atoms with Crippen molar-refractivity contribution in [2.45, 2.75) is 25.4 Å². The lowest BCUT2D eigenvalue weighted by Crippen LogP contribution is -2.46. The number of nitriles is 1. The number of methoxy groups -OCH3 is 1. The zero-order valence-corrected chi connectivity index (χ0v) is 19.2. The van der Waals surface area contributed by atoms with Crippen LogP contribution in [0.4, 0.5) is 0 Å². The number of hydrogen-bond acceptors (Lipinski definition) is 5. The van der Waals surface area contributed by atoms with Gasteiger partial charge in [0, 0.05) is 49.3 Å². The van der Waals surface area contributed by atoms with E-state index in [2.05, 4.69) is 23.0 Å². The van der Waals surface area contributed by atoms with E-state index >= 15 is 0 Å². The highest BCUT2D eigenvalue weighted by Gasteiger charge is 2.31. The average molecular weight is 452 g/mol. The number of likely N-dealkylation sites (tertiary alicyclic amines) is 1. The van der Waals surface area contributed by atoms with Crippen molar-refractivity contribution in [2.24, 2.45) is 0 Å². The van der Waals surface area contributed by atoms with Crippen LogP contribution in [0.3, 0.4) is 0 Å². The topological polar surface area (TPSA) is 83.5 Å². The van der Waals surface area contributed by atoms with Gasteiger partial charge in [-0.05, 0) is 49.6 Å². The molecule has 0 unspecified atom stereocenters. The number of benzene rings is 2. The van der Waals surface area contributed by atoms with E-state index in [-0.39, 0.29) is 11.5 Å². The number of aromatic nitrogens is 3. The van der Waals surface area contributed by atoms with Crippen LogP contribution in [0, 0.1) is 11.3 Å². The lowest BCUT2D eigenvalue weighted by Gasteiger charge is -2.38. The molecule has 4 aromatic rings. The van der Waals surface area contributed by atoms with Gasteiger partial charge in [0.15, 0.2) is 0 Å². The maximum atomic E-state index is 13.0. The van der Waals surface area contributed by atoms with Gasteiger partial charge in [-0.25, -0.2) is 9.97 Å². The maximum Gasteiger partial charge on any atom is 0.253 e. The predicted octanol–water partition coefficient (Wildman–Crippen LogP) is 4.58. The smallest absolute Gasteiger partial charge is 0.253 e. The highest BCUT2D eigenvalue weighted by atomic mass is 16.5. The van der Waals surface area contributed by atoms with Crippen molar-refractivity contribution >= 4 is 11.7 Å². The molecule has 34 heavy (non-hydrogen) atoms. The van der Waals surface area contributed by atoms with E-state index in [1.54, 1.807) is 31.6 Å². The number of hydrogen-bond donors (Lipinski definition) is 0. The lowest BCUT2D eigenvalue weighted by atomic mass is 9.93. The minimum absolute atomic E-state index is 0.0518. The Labute approximate surface area is 198 Å². The molecule has 7 heteroatoms. The van der Waals surface area contributed by atoms with Crippen molar-refractivity contribution in [3.63, 3.8) is 0 Å². The third kappa shape index (κ3) is 4.04. The summed E-state index contributed by atoms with van der Waals surface area (Å²) in [6, 6.07) is 17.2. The molecule has 0 spiro atoms. The molecule has 7 nitrogen and oxygen atoms in total. The summed E-state index contributed by atoms with van der Waals surface area (Å²) in [6.45, 7) is 3.50. The lowest BCUT2D eigenvalue weighted by molar-refractivity contribution is -0.0379. The van der Waals surface area contributed by atoms with Gasteiger partial charge in [-0.15, -0.1) is 0 Å². The van der Waals surface area contributed by atoms with Crippen LogP contribution in [-0.4, -0.2) is 51.0 Å². The minimum atomic E-state index is -0.143. The number of nitrogens with zero attached hydrogens (tertiary/aromatic N) is 5. The van der Waals surface area contributed by atoms with Crippen molar-refractivity contribution < 1.29 is 9.53 Å². The van der Waals surface area contributed by atoms with E-state index in [0.717, 1.165) is 35.2 Å². The molecule has 5 rings (SSSR count). The first-order chi connectivity index (χ1) is 16.5. The first-order valence-electron chi connectivity index (χ1n) is 11.3. The van der Waals surface area contributed by atoms with E-state index in [1.165, 1.54) is 0 Å². The molecule has 0 saturated carbocycles. The molecule has 170 valence electrons. The second kappa shape index (κ2) is 8.73. The number of carbonyl (C=O) groups excluding carboxylic acids is 1. The molecule has 0 radical (unpaired) electrons.